The molecule has 1 saturated heterocycles. The first-order chi connectivity index (χ1) is 12.1. The molecule has 1 aliphatic heterocycles. The Morgan fingerprint density at radius 2 is 1.88 bits per heavy atom. The maximum absolute atomic E-state index is 13.0. The van der Waals surface area contributed by atoms with Crippen molar-refractivity contribution in [2.24, 2.45) is 0 Å². The number of likely N-dealkylation sites (N-methyl/N-ethyl adjacent to an activating group) is 1. The number of ether oxygens (including phenoxy) is 2. The lowest BCUT2D eigenvalue weighted by molar-refractivity contribution is -0.124. The Labute approximate surface area is 154 Å². The van der Waals surface area contributed by atoms with Crippen molar-refractivity contribution in [1.82, 2.24) is 9.80 Å². The van der Waals surface area contributed by atoms with Gasteiger partial charge in [0.05, 0.1) is 14.2 Å². The topological polar surface area (TPSA) is 42.0 Å². The third-order valence-electron chi connectivity index (χ3n) is 4.96. The Balaban J connectivity index is 1.95. The molecule has 0 N–H and O–H groups in total. The molecule has 2 aliphatic rings. The first-order valence-electron chi connectivity index (χ1n) is 8.61. The van der Waals surface area contributed by atoms with Gasteiger partial charge in [-0.3, -0.25) is 9.69 Å². The molecule has 1 saturated carbocycles. The third kappa shape index (κ3) is 3.35. The van der Waals surface area contributed by atoms with Crippen LogP contribution < -0.4 is 9.47 Å². The fourth-order valence-electron chi connectivity index (χ4n) is 3.54. The number of methoxy groups -OCH3 is 2. The Morgan fingerprint density at radius 3 is 2.52 bits per heavy atom. The van der Waals surface area contributed by atoms with Crippen molar-refractivity contribution < 1.29 is 14.3 Å². The molecule has 0 aromatic heterocycles. The maximum Gasteiger partial charge on any atom is 0.277 e. The van der Waals surface area contributed by atoms with E-state index in [9.17, 15) is 4.79 Å². The zero-order valence-electron chi connectivity index (χ0n) is 14.9. The molecule has 1 amide bonds. The maximum atomic E-state index is 13.0. The lowest BCUT2D eigenvalue weighted by Crippen LogP contribution is -2.41. The van der Waals surface area contributed by atoms with Crippen molar-refractivity contribution in [3.63, 3.8) is 0 Å². The monoisotopic (exact) mass is 360 g/mol. The van der Waals surface area contributed by atoms with Crippen LogP contribution in [0.3, 0.4) is 0 Å². The minimum absolute atomic E-state index is 0.0238. The number of carbonyl (C=O) groups excluding carboxylic acids is 1. The van der Waals surface area contributed by atoms with Crippen LogP contribution in [0, 0.1) is 0 Å². The average molecular weight is 360 g/mol. The Bertz CT molecular complexity index is 711. The van der Waals surface area contributed by atoms with E-state index in [2.05, 4.69) is 0 Å². The molecule has 2 fully saturated rings. The first-order valence-corrected chi connectivity index (χ1v) is 9.02. The molecule has 1 aromatic carbocycles. The minimum atomic E-state index is -0.0238. The van der Waals surface area contributed by atoms with E-state index in [-0.39, 0.29) is 11.9 Å². The van der Waals surface area contributed by atoms with E-state index in [4.69, 9.17) is 21.7 Å². The molecule has 1 heterocycles. The average Bonchev–Trinajstić information content (AvgIpc) is 2.85. The van der Waals surface area contributed by atoms with Gasteiger partial charge in [-0.1, -0.05) is 19.3 Å². The number of carbonyl (C=O) groups is 1. The largest absolute Gasteiger partial charge is 0.497 e. The highest BCUT2D eigenvalue weighted by Gasteiger charge is 2.40. The van der Waals surface area contributed by atoms with Crippen molar-refractivity contribution in [1.29, 1.82) is 0 Å². The fourth-order valence-corrected chi connectivity index (χ4v) is 3.87. The lowest BCUT2D eigenvalue weighted by Gasteiger charge is -2.30. The van der Waals surface area contributed by atoms with E-state index in [1.54, 1.807) is 24.0 Å². The zero-order chi connectivity index (χ0) is 18.0. The van der Waals surface area contributed by atoms with Gasteiger partial charge in [0.15, 0.2) is 5.11 Å². The predicted octanol–water partition coefficient (Wildman–Crippen LogP) is 3.44. The minimum Gasteiger partial charge on any atom is -0.497 e. The quantitative estimate of drug-likeness (QED) is 0.608. The van der Waals surface area contributed by atoms with Gasteiger partial charge in [-0.15, -0.1) is 0 Å². The highest BCUT2D eigenvalue weighted by molar-refractivity contribution is 7.80. The fraction of sp³-hybridized carbons (Fsp3) is 0.474. The number of hydrogen-bond acceptors (Lipinski definition) is 4. The van der Waals surface area contributed by atoms with Crippen LogP contribution in [0.4, 0.5) is 0 Å². The van der Waals surface area contributed by atoms with Crippen LogP contribution in [0.1, 0.15) is 37.7 Å². The van der Waals surface area contributed by atoms with Crippen molar-refractivity contribution in [3.05, 3.63) is 29.5 Å². The molecule has 0 bridgehead atoms. The van der Waals surface area contributed by atoms with Crippen LogP contribution in [0.5, 0.6) is 11.5 Å². The van der Waals surface area contributed by atoms with Gasteiger partial charge in [0.1, 0.15) is 17.2 Å². The zero-order valence-corrected chi connectivity index (χ0v) is 15.8. The number of nitrogens with zero attached hydrogens (tertiary/aromatic N) is 2. The molecular weight excluding hydrogens is 336 g/mol. The molecule has 25 heavy (non-hydrogen) atoms. The van der Waals surface area contributed by atoms with Crippen molar-refractivity contribution in [2.75, 3.05) is 21.3 Å². The van der Waals surface area contributed by atoms with E-state index in [0.29, 0.717) is 22.3 Å². The van der Waals surface area contributed by atoms with Gasteiger partial charge in [-0.2, -0.15) is 0 Å². The summed E-state index contributed by atoms with van der Waals surface area (Å²) in [7, 11) is 5.08. The summed E-state index contributed by atoms with van der Waals surface area (Å²) in [5.41, 5.74) is 1.37. The van der Waals surface area contributed by atoms with E-state index < -0.39 is 0 Å². The molecule has 0 unspecified atom stereocenters. The summed E-state index contributed by atoms with van der Waals surface area (Å²) >= 11 is 5.56. The van der Waals surface area contributed by atoms with Crippen LogP contribution in [-0.4, -0.2) is 48.1 Å². The van der Waals surface area contributed by atoms with Crippen molar-refractivity contribution >= 4 is 29.3 Å². The number of benzene rings is 1. The van der Waals surface area contributed by atoms with Crippen LogP contribution >= 0.6 is 12.2 Å². The summed E-state index contributed by atoms with van der Waals surface area (Å²) in [5.74, 6) is 1.38. The highest BCUT2D eigenvalue weighted by Crippen LogP contribution is 2.32. The molecule has 0 radical (unpaired) electrons. The summed E-state index contributed by atoms with van der Waals surface area (Å²) in [6.07, 6.45) is 7.43. The van der Waals surface area contributed by atoms with Gasteiger partial charge < -0.3 is 14.4 Å². The second-order valence-electron chi connectivity index (χ2n) is 6.45. The molecule has 5 nitrogen and oxygen atoms in total. The molecule has 0 atom stereocenters. The van der Waals surface area contributed by atoms with Crippen LogP contribution in [-0.2, 0) is 4.79 Å². The molecule has 134 valence electrons. The first kappa shape index (κ1) is 17.7. The molecule has 6 heteroatoms. The molecule has 1 aliphatic carbocycles. The second kappa shape index (κ2) is 7.44. The molecular formula is C19H24N2O3S. The standard InChI is InChI=1S/C19H24N2O3S/c1-20-16(12-13-11-15(23-2)9-10-17(13)24-3)18(22)21(19(20)25)14-7-5-4-6-8-14/h9-12,14H,4-8H2,1-3H3. The van der Waals surface area contributed by atoms with Gasteiger partial charge in [-0.25, -0.2) is 0 Å². The van der Waals surface area contributed by atoms with Gasteiger partial charge >= 0.3 is 0 Å². The number of hydrogen-bond donors (Lipinski definition) is 0. The predicted molar refractivity (Wildman–Crippen MR) is 102 cm³/mol. The SMILES string of the molecule is COc1ccc(OC)c(C=C2C(=O)N(C3CCCCC3)C(=S)N2C)c1. The number of thiocarbonyl (C=S) groups is 1. The number of amides is 1. The molecule has 3 rings (SSSR count). The Morgan fingerprint density at radius 1 is 1.16 bits per heavy atom. The van der Waals surface area contributed by atoms with E-state index in [0.717, 1.165) is 31.2 Å². The van der Waals surface area contributed by atoms with Gasteiger partial charge in [0, 0.05) is 18.7 Å². The van der Waals surface area contributed by atoms with Gasteiger partial charge in [0.25, 0.3) is 5.91 Å². The van der Waals surface area contributed by atoms with Gasteiger partial charge in [0.2, 0.25) is 0 Å². The van der Waals surface area contributed by atoms with Crippen molar-refractivity contribution in [3.8, 4) is 11.5 Å². The van der Waals surface area contributed by atoms with Crippen LogP contribution in [0.2, 0.25) is 0 Å². The van der Waals surface area contributed by atoms with Crippen LogP contribution in [0.25, 0.3) is 6.08 Å². The van der Waals surface area contributed by atoms with Crippen LogP contribution in [0.15, 0.2) is 23.9 Å². The third-order valence-corrected chi connectivity index (χ3v) is 5.43. The van der Waals surface area contributed by atoms with E-state index in [1.807, 2.05) is 31.3 Å². The van der Waals surface area contributed by atoms with Crippen molar-refractivity contribution in [2.45, 2.75) is 38.1 Å². The summed E-state index contributed by atoms with van der Waals surface area (Å²) in [6, 6.07) is 5.75. The van der Waals surface area contributed by atoms with Gasteiger partial charge in [-0.05, 0) is 49.3 Å². The summed E-state index contributed by atoms with van der Waals surface area (Å²) in [5, 5.41) is 0.588. The molecule has 1 aromatic rings. The highest BCUT2D eigenvalue weighted by atomic mass is 32.1. The lowest BCUT2D eigenvalue weighted by atomic mass is 9.94. The second-order valence-corrected chi connectivity index (χ2v) is 6.81. The van der Waals surface area contributed by atoms with E-state index >= 15 is 0 Å². The summed E-state index contributed by atoms with van der Waals surface area (Å²) in [6.45, 7) is 0. The summed E-state index contributed by atoms with van der Waals surface area (Å²) < 4.78 is 10.7. The Hall–Kier alpha value is -2.08. The van der Waals surface area contributed by atoms with E-state index in [1.165, 1.54) is 6.42 Å². The smallest absolute Gasteiger partial charge is 0.277 e. The normalized spacial score (nSPS) is 20.5. The summed E-state index contributed by atoms with van der Waals surface area (Å²) in [4.78, 5) is 16.6. The number of rotatable bonds is 4. The Kier molecular flexibility index (Phi) is 5.27. The molecule has 0 spiro atoms.